The van der Waals surface area contributed by atoms with E-state index in [9.17, 15) is 10.1 Å². The number of anilines is 1. The van der Waals surface area contributed by atoms with Crippen LogP contribution in [0.2, 0.25) is 0 Å². The third-order valence-corrected chi connectivity index (χ3v) is 4.39. The Labute approximate surface area is 144 Å². The second kappa shape index (κ2) is 6.18. The highest BCUT2D eigenvalue weighted by atomic mass is 16.6. The monoisotopic (exact) mass is 338 g/mol. The first-order chi connectivity index (χ1) is 12.1. The molecular weight excluding hydrogens is 320 g/mol. The van der Waals surface area contributed by atoms with Crippen molar-refractivity contribution in [2.75, 3.05) is 18.0 Å². The number of imidazole rings is 1. The van der Waals surface area contributed by atoms with Gasteiger partial charge < -0.3 is 19.8 Å². The number of morpholine rings is 1. The second-order valence-electron chi connectivity index (χ2n) is 6.20. The van der Waals surface area contributed by atoms with Crippen molar-refractivity contribution in [2.24, 2.45) is 0 Å². The summed E-state index contributed by atoms with van der Waals surface area (Å²) >= 11 is 0. The van der Waals surface area contributed by atoms with Gasteiger partial charge in [0.1, 0.15) is 6.10 Å². The summed E-state index contributed by atoms with van der Waals surface area (Å²) in [5.74, 6) is 0.392. The number of rotatable bonds is 3. The summed E-state index contributed by atoms with van der Waals surface area (Å²) in [5, 5.41) is 11.7. The van der Waals surface area contributed by atoms with Gasteiger partial charge in [-0.2, -0.15) is 9.38 Å². The van der Waals surface area contributed by atoms with Gasteiger partial charge in [0.05, 0.1) is 18.8 Å². The first kappa shape index (κ1) is 15.6. The molecule has 1 saturated heterocycles. The molecule has 7 heteroatoms. The van der Waals surface area contributed by atoms with Crippen LogP contribution in [0.3, 0.4) is 0 Å². The normalized spacial score (nSPS) is 20.8. The van der Waals surface area contributed by atoms with Crippen molar-refractivity contribution >= 4 is 17.3 Å². The van der Waals surface area contributed by atoms with Crippen LogP contribution in [0.1, 0.15) is 18.6 Å². The van der Waals surface area contributed by atoms with Gasteiger partial charge in [-0.3, -0.25) is 0 Å². The summed E-state index contributed by atoms with van der Waals surface area (Å²) in [6.45, 7) is 3.07. The Balaban J connectivity index is 1.75. The molecule has 0 aliphatic carbocycles. The van der Waals surface area contributed by atoms with E-state index >= 15 is 0 Å². The van der Waals surface area contributed by atoms with Crippen LogP contribution in [-0.2, 0) is 4.74 Å². The average molecular weight is 338 g/mol. The maximum absolute atomic E-state index is 11.7. The first-order valence-corrected chi connectivity index (χ1v) is 8.20. The Morgan fingerprint density at radius 2 is 1.92 bits per heavy atom. The second-order valence-corrected chi connectivity index (χ2v) is 6.20. The Morgan fingerprint density at radius 1 is 1.16 bits per heavy atom. The van der Waals surface area contributed by atoms with Gasteiger partial charge >= 0.3 is 5.82 Å². The van der Waals surface area contributed by atoms with Crippen LogP contribution >= 0.6 is 0 Å². The van der Waals surface area contributed by atoms with Crippen molar-refractivity contribution in [3.05, 3.63) is 70.4 Å². The minimum atomic E-state index is -0.368. The molecule has 0 bridgehead atoms. The van der Waals surface area contributed by atoms with Crippen molar-refractivity contribution < 1.29 is 9.66 Å². The number of nitrogens with zero attached hydrogens (tertiary/aromatic N) is 4. The van der Waals surface area contributed by atoms with E-state index < -0.39 is 0 Å². The van der Waals surface area contributed by atoms with Gasteiger partial charge in [-0.15, -0.1) is 0 Å². The number of ether oxygens (including phenoxy) is 1. The van der Waals surface area contributed by atoms with Gasteiger partial charge in [-0.25, -0.2) is 0 Å². The summed E-state index contributed by atoms with van der Waals surface area (Å²) in [6.07, 6.45) is 1.47. The van der Waals surface area contributed by atoms with E-state index in [0.29, 0.717) is 24.6 Å². The van der Waals surface area contributed by atoms with Crippen molar-refractivity contribution in [3.63, 3.8) is 0 Å². The van der Waals surface area contributed by atoms with Crippen molar-refractivity contribution in [1.82, 2.24) is 9.38 Å². The van der Waals surface area contributed by atoms with E-state index in [4.69, 9.17) is 4.74 Å². The minimum Gasteiger partial charge on any atom is -0.367 e. The van der Waals surface area contributed by atoms with Crippen molar-refractivity contribution in [3.8, 4) is 0 Å². The van der Waals surface area contributed by atoms with E-state index in [1.165, 1.54) is 4.40 Å². The van der Waals surface area contributed by atoms with E-state index in [1.807, 2.05) is 48.2 Å². The van der Waals surface area contributed by atoms with Crippen LogP contribution in [0.4, 0.5) is 11.6 Å². The molecular formula is C18H18N4O3. The fourth-order valence-corrected chi connectivity index (χ4v) is 3.33. The van der Waals surface area contributed by atoms with Gasteiger partial charge in [-0.05, 0) is 23.5 Å². The molecule has 1 aromatic carbocycles. The highest BCUT2D eigenvalue weighted by molar-refractivity contribution is 5.64. The summed E-state index contributed by atoms with van der Waals surface area (Å²) in [5.41, 5.74) is 1.63. The summed E-state index contributed by atoms with van der Waals surface area (Å²) in [7, 11) is 0. The maximum atomic E-state index is 11.7. The zero-order valence-electron chi connectivity index (χ0n) is 13.8. The van der Waals surface area contributed by atoms with Gasteiger partial charge in [0.2, 0.25) is 11.5 Å². The summed E-state index contributed by atoms with van der Waals surface area (Å²) in [4.78, 5) is 17.8. The van der Waals surface area contributed by atoms with E-state index in [-0.39, 0.29) is 22.9 Å². The molecule has 7 nitrogen and oxygen atoms in total. The number of nitro groups is 1. The highest BCUT2D eigenvalue weighted by Crippen LogP contribution is 2.34. The number of aromatic nitrogens is 2. The summed E-state index contributed by atoms with van der Waals surface area (Å²) < 4.78 is 7.57. The first-order valence-electron chi connectivity index (χ1n) is 8.20. The quantitative estimate of drug-likeness (QED) is 0.541. The molecule has 1 fully saturated rings. The predicted octanol–water partition coefficient (Wildman–Crippen LogP) is 3.21. The van der Waals surface area contributed by atoms with E-state index in [2.05, 4.69) is 4.98 Å². The summed E-state index contributed by atoms with van der Waals surface area (Å²) in [6, 6.07) is 15.3. The molecule has 0 amide bonds. The van der Waals surface area contributed by atoms with Crippen LogP contribution in [0.5, 0.6) is 0 Å². The molecule has 3 aromatic rings. The molecule has 2 aromatic heterocycles. The largest absolute Gasteiger partial charge is 0.372 e. The lowest BCUT2D eigenvalue weighted by molar-refractivity contribution is -0.389. The molecule has 2 atom stereocenters. The molecule has 0 unspecified atom stereocenters. The molecule has 128 valence electrons. The lowest BCUT2D eigenvalue weighted by atomic mass is 10.1. The maximum Gasteiger partial charge on any atom is 0.372 e. The fourth-order valence-electron chi connectivity index (χ4n) is 3.33. The molecule has 0 saturated carbocycles. The van der Waals surface area contributed by atoms with Gasteiger partial charge in [0, 0.05) is 12.6 Å². The molecule has 4 rings (SSSR count). The lowest BCUT2D eigenvalue weighted by Crippen LogP contribution is -2.43. The van der Waals surface area contributed by atoms with Gasteiger partial charge in [-0.1, -0.05) is 36.4 Å². The third kappa shape index (κ3) is 2.83. The van der Waals surface area contributed by atoms with E-state index in [1.54, 1.807) is 18.3 Å². The Hall–Kier alpha value is -2.93. The number of hydrogen-bond donors (Lipinski definition) is 0. The van der Waals surface area contributed by atoms with Crippen LogP contribution in [0.15, 0.2) is 54.7 Å². The molecule has 0 radical (unpaired) electrons. The molecule has 1 aliphatic heterocycles. The van der Waals surface area contributed by atoms with Crippen LogP contribution in [-0.4, -0.2) is 33.5 Å². The minimum absolute atomic E-state index is 0.00323. The molecule has 25 heavy (non-hydrogen) atoms. The number of benzene rings is 1. The SMILES string of the molecule is C[C@@H]1CN(c2nc3ccccn3c2[N+](=O)[O-])C[C@@H](c2ccccc2)O1. The molecule has 3 heterocycles. The Morgan fingerprint density at radius 3 is 2.68 bits per heavy atom. The van der Waals surface area contributed by atoms with Crippen LogP contribution < -0.4 is 4.90 Å². The third-order valence-electron chi connectivity index (χ3n) is 4.39. The van der Waals surface area contributed by atoms with Gasteiger partial charge in [0.25, 0.3) is 0 Å². The molecule has 0 N–H and O–H groups in total. The fraction of sp³-hybridized carbons (Fsp3) is 0.278. The Bertz CT molecular complexity index is 909. The topological polar surface area (TPSA) is 72.9 Å². The number of fused-ring (bicyclic) bond motifs is 1. The van der Waals surface area contributed by atoms with Crippen molar-refractivity contribution in [1.29, 1.82) is 0 Å². The smallest absolute Gasteiger partial charge is 0.367 e. The molecule has 1 aliphatic rings. The van der Waals surface area contributed by atoms with Crippen LogP contribution in [0.25, 0.3) is 5.65 Å². The average Bonchev–Trinajstić information content (AvgIpc) is 3.02. The van der Waals surface area contributed by atoms with E-state index in [0.717, 1.165) is 5.56 Å². The zero-order valence-corrected chi connectivity index (χ0v) is 13.8. The Kier molecular flexibility index (Phi) is 3.85. The van der Waals surface area contributed by atoms with Crippen molar-refractivity contribution in [2.45, 2.75) is 19.1 Å². The zero-order chi connectivity index (χ0) is 17.4. The number of pyridine rings is 1. The predicted molar refractivity (Wildman–Crippen MR) is 93.8 cm³/mol. The molecule has 0 spiro atoms. The number of hydrogen-bond acceptors (Lipinski definition) is 5. The van der Waals surface area contributed by atoms with Gasteiger partial charge in [0.15, 0.2) is 0 Å². The standard InChI is InChI=1S/C18H18N4O3/c1-13-11-20(12-15(25-13)14-7-3-2-4-8-14)17-18(22(23)24)21-10-6-5-9-16(21)19-17/h2-10,13,15H,11-12H2,1H3/t13-,15+/m1/s1. The highest BCUT2D eigenvalue weighted by Gasteiger charge is 2.33. The lowest BCUT2D eigenvalue weighted by Gasteiger charge is -2.36. The van der Waals surface area contributed by atoms with Crippen LogP contribution in [0, 0.1) is 10.1 Å².